The van der Waals surface area contributed by atoms with Crippen LogP contribution in [-0.4, -0.2) is 45.3 Å². The van der Waals surface area contributed by atoms with Gasteiger partial charge >= 0.3 is 0 Å². The zero-order chi connectivity index (χ0) is 14.8. The summed E-state index contributed by atoms with van der Waals surface area (Å²) < 4.78 is 31.6. The van der Waals surface area contributed by atoms with Crippen LogP contribution in [0.4, 0.5) is 0 Å². The quantitative estimate of drug-likeness (QED) is 0.855. The Hall–Kier alpha value is -0.620. The first kappa shape index (κ1) is 15.8. The van der Waals surface area contributed by atoms with Gasteiger partial charge in [0.1, 0.15) is 0 Å². The molecule has 1 fully saturated rings. The second-order valence-electron chi connectivity index (χ2n) is 5.32. The van der Waals surface area contributed by atoms with Crippen LogP contribution in [0.1, 0.15) is 12.0 Å². The van der Waals surface area contributed by atoms with E-state index in [1.165, 1.54) is 4.31 Å². The van der Waals surface area contributed by atoms with E-state index < -0.39 is 10.0 Å². The van der Waals surface area contributed by atoms with Gasteiger partial charge in [0.05, 0.1) is 11.9 Å². The number of nitrogens with zero attached hydrogens (tertiary/aromatic N) is 1. The fourth-order valence-corrected chi connectivity index (χ4v) is 4.28. The molecular weight excluding hydrogens is 298 g/mol. The highest BCUT2D eigenvalue weighted by molar-refractivity contribution is 7.89. The average Bonchev–Trinajstić information content (AvgIpc) is 2.41. The summed E-state index contributed by atoms with van der Waals surface area (Å²) in [7, 11) is -0.0752. The number of ether oxygens (including phenoxy) is 1. The number of halogens is 1. The molecule has 0 aliphatic carbocycles. The van der Waals surface area contributed by atoms with Crippen molar-refractivity contribution in [2.24, 2.45) is 5.92 Å². The van der Waals surface area contributed by atoms with Gasteiger partial charge in [-0.3, -0.25) is 0 Å². The lowest BCUT2D eigenvalue weighted by Crippen LogP contribution is -2.44. The van der Waals surface area contributed by atoms with Crippen LogP contribution in [0.3, 0.4) is 0 Å². The zero-order valence-electron chi connectivity index (χ0n) is 11.8. The minimum atomic E-state index is -3.25. The molecule has 4 nitrogen and oxygen atoms in total. The summed E-state index contributed by atoms with van der Waals surface area (Å²) in [5.74, 6) is -0.0164. The SMILES string of the molecule is CN(C)S(=O)(=O)[C@H]1CCOC[C@@H]1Cc1ccc(Cl)cc1. The second-order valence-corrected chi connectivity index (χ2v) is 8.12. The van der Waals surface area contributed by atoms with Crippen molar-refractivity contribution >= 4 is 21.6 Å². The number of rotatable bonds is 4. The van der Waals surface area contributed by atoms with Crippen molar-refractivity contribution in [1.82, 2.24) is 4.31 Å². The van der Waals surface area contributed by atoms with Gasteiger partial charge in [0.2, 0.25) is 10.0 Å². The molecule has 1 aromatic rings. The maximum absolute atomic E-state index is 12.4. The Bertz CT molecular complexity index is 542. The normalized spacial score (nSPS) is 24.0. The lowest BCUT2D eigenvalue weighted by molar-refractivity contribution is 0.0563. The van der Waals surface area contributed by atoms with E-state index in [9.17, 15) is 8.42 Å². The maximum atomic E-state index is 12.4. The molecule has 6 heteroatoms. The number of hydrogen-bond donors (Lipinski definition) is 0. The highest BCUT2D eigenvalue weighted by Gasteiger charge is 2.37. The van der Waals surface area contributed by atoms with E-state index in [0.29, 0.717) is 31.1 Å². The summed E-state index contributed by atoms with van der Waals surface area (Å²) in [6.07, 6.45) is 1.24. The minimum absolute atomic E-state index is 0.0164. The molecule has 0 saturated carbocycles. The highest BCUT2D eigenvalue weighted by atomic mass is 35.5. The fraction of sp³-hybridized carbons (Fsp3) is 0.571. The van der Waals surface area contributed by atoms with Crippen LogP contribution in [-0.2, 0) is 21.2 Å². The molecular formula is C14H20ClNO3S. The zero-order valence-corrected chi connectivity index (χ0v) is 13.3. The van der Waals surface area contributed by atoms with Crippen LogP contribution in [0, 0.1) is 5.92 Å². The van der Waals surface area contributed by atoms with Gasteiger partial charge < -0.3 is 4.74 Å². The summed E-state index contributed by atoms with van der Waals surface area (Å²) in [5, 5.41) is 0.313. The van der Waals surface area contributed by atoms with E-state index in [1.807, 2.05) is 24.3 Å². The van der Waals surface area contributed by atoms with E-state index >= 15 is 0 Å². The maximum Gasteiger partial charge on any atom is 0.216 e. The highest BCUT2D eigenvalue weighted by Crippen LogP contribution is 2.27. The van der Waals surface area contributed by atoms with Crippen molar-refractivity contribution in [3.8, 4) is 0 Å². The Morgan fingerprint density at radius 2 is 1.95 bits per heavy atom. The second kappa shape index (κ2) is 6.43. The molecule has 0 N–H and O–H groups in total. The first-order chi connectivity index (χ1) is 9.41. The molecule has 0 spiro atoms. The monoisotopic (exact) mass is 317 g/mol. The van der Waals surface area contributed by atoms with Gasteiger partial charge in [-0.2, -0.15) is 0 Å². The van der Waals surface area contributed by atoms with Crippen LogP contribution in [0.2, 0.25) is 5.02 Å². The van der Waals surface area contributed by atoms with E-state index in [4.69, 9.17) is 16.3 Å². The van der Waals surface area contributed by atoms with Crippen molar-refractivity contribution in [3.63, 3.8) is 0 Å². The number of hydrogen-bond acceptors (Lipinski definition) is 3. The van der Waals surface area contributed by atoms with Gasteiger partial charge in [-0.1, -0.05) is 23.7 Å². The van der Waals surface area contributed by atoms with Crippen LogP contribution >= 0.6 is 11.6 Å². The molecule has 2 atom stereocenters. The standard InChI is InChI=1S/C14H20ClNO3S/c1-16(2)20(17,18)14-7-8-19-10-12(14)9-11-3-5-13(15)6-4-11/h3-6,12,14H,7-10H2,1-2H3/t12-,14-/m0/s1. The molecule has 0 aromatic heterocycles. The third-order valence-electron chi connectivity index (χ3n) is 3.71. The molecule has 0 bridgehead atoms. The van der Waals surface area contributed by atoms with E-state index in [1.54, 1.807) is 14.1 Å². The molecule has 0 radical (unpaired) electrons. The van der Waals surface area contributed by atoms with Crippen LogP contribution in [0.25, 0.3) is 0 Å². The van der Waals surface area contributed by atoms with E-state index in [2.05, 4.69) is 0 Å². The third-order valence-corrected chi connectivity index (χ3v) is 6.36. The summed E-state index contributed by atoms with van der Waals surface area (Å²) in [5.41, 5.74) is 1.09. The Morgan fingerprint density at radius 3 is 2.55 bits per heavy atom. The van der Waals surface area contributed by atoms with Crippen molar-refractivity contribution < 1.29 is 13.2 Å². The minimum Gasteiger partial charge on any atom is -0.381 e. The summed E-state index contributed by atoms with van der Waals surface area (Å²) in [4.78, 5) is 0. The van der Waals surface area contributed by atoms with Gasteiger partial charge in [0.15, 0.2) is 0 Å². The molecule has 1 heterocycles. The van der Waals surface area contributed by atoms with Crippen molar-refractivity contribution in [2.75, 3.05) is 27.3 Å². The van der Waals surface area contributed by atoms with Gasteiger partial charge in [-0.25, -0.2) is 12.7 Å². The summed E-state index contributed by atoms with van der Waals surface area (Å²) in [6.45, 7) is 0.995. The van der Waals surface area contributed by atoms with Gasteiger partial charge in [-0.05, 0) is 30.5 Å². The average molecular weight is 318 g/mol. The molecule has 2 rings (SSSR count). The first-order valence-electron chi connectivity index (χ1n) is 6.65. The topological polar surface area (TPSA) is 46.6 Å². The molecule has 1 aliphatic heterocycles. The van der Waals surface area contributed by atoms with Crippen molar-refractivity contribution in [3.05, 3.63) is 34.9 Å². The molecule has 0 amide bonds. The predicted molar refractivity (Wildman–Crippen MR) is 80.5 cm³/mol. The van der Waals surface area contributed by atoms with Crippen molar-refractivity contribution in [2.45, 2.75) is 18.1 Å². The van der Waals surface area contributed by atoms with Gasteiger partial charge in [-0.15, -0.1) is 0 Å². The third kappa shape index (κ3) is 3.52. The van der Waals surface area contributed by atoms with Crippen LogP contribution in [0.15, 0.2) is 24.3 Å². The molecule has 1 aliphatic rings. The van der Waals surface area contributed by atoms with Crippen LogP contribution < -0.4 is 0 Å². The molecule has 0 unspecified atom stereocenters. The Balaban J connectivity index is 2.17. The summed E-state index contributed by atoms with van der Waals surface area (Å²) in [6, 6.07) is 7.54. The molecule has 20 heavy (non-hydrogen) atoms. The van der Waals surface area contributed by atoms with E-state index in [0.717, 1.165) is 5.56 Å². The smallest absolute Gasteiger partial charge is 0.216 e. The van der Waals surface area contributed by atoms with Gasteiger partial charge in [0, 0.05) is 31.6 Å². The van der Waals surface area contributed by atoms with Crippen LogP contribution in [0.5, 0.6) is 0 Å². The lowest BCUT2D eigenvalue weighted by atomic mass is 9.94. The number of benzene rings is 1. The Labute approximate surface area is 125 Å². The predicted octanol–water partition coefficient (Wildman–Crippen LogP) is 2.18. The Kier molecular flexibility index (Phi) is 5.07. The molecule has 1 saturated heterocycles. The molecule has 112 valence electrons. The summed E-state index contributed by atoms with van der Waals surface area (Å²) >= 11 is 5.87. The number of sulfonamides is 1. The van der Waals surface area contributed by atoms with Gasteiger partial charge in [0.25, 0.3) is 0 Å². The van der Waals surface area contributed by atoms with Crippen molar-refractivity contribution in [1.29, 1.82) is 0 Å². The lowest BCUT2D eigenvalue weighted by Gasteiger charge is -2.33. The van der Waals surface area contributed by atoms with E-state index in [-0.39, 0.29) is 11.2 Å². The first-order valence-corrected chi connectivity index (χ1v) is 8.53. The largest absolute Gasteiger partial charge is 0.381 e. The molecule has 1 aromatic carbocycles. The fourth-order valence-electron chi connectivity index (χ4n) is 2.55. The Morgan fingerprint density at radius 1 is 1.30 bits per heavy atom.